The number of hydrogen-bond acceptors (Lipinski definition) is 6. The van der Waals surface area contributed by atoms with Crippen LogP contribution >= 0.6 is 21.6 Å². The van der Waals surface area contributed by atoms with E-state index in [1.54, 1.807) is 0 Å². The molecule has 1 unspecified atom stereocenters. The molecule has 1 N–H and O–H groups in total. The molecule has 3 rings (SSSR count). The number of nitrogens with one attached hydrogen (secondary N) is 1. The third kappa shape index (κ3) is 6.19. The highest BCUT2D eigenvalue weighted by Gasteiger charge is 2.26. The maximum atomic E-state index is 12.7. The first kappa shape index (κ1) is 23.5. The van der Waals surface area contributed by atoms with Crippen molar-refractivity contribution in [2.24, 2.45) is 4.99 Å². The van der Waals surface area contributed by atoms with Crippen molar-refractivity contribution in [3.63, 3.8) is 0 Å². The quantitative estimate of drug-likeness (QED) is 0.237. The number of aryl methyl sites for hydroxylation is 1. The number of aliphatic imine (C=N–C) groups is 1. The molecule has 2 aliphatic heterocycles. The van der Waals surface area contributed by atoms with Crippen LogP contribution in [0, 0.1) is 13.8 Å². The van der Waals surface area contributed by atoms with Crippen molar-refractivity contribution in [1.29, 1.82) is 0 Å². The average molecular weight is 449 g/mol. The van der Waals surface area contributed by atoms with E-state index in [0.29, 0.717) is 6.42 Å². The van der Waals surface area contributed by atoms with Crippen LogP contribution in [-0.4, -0.2) is 35.9 Å². The number of ether oxygens (including phenoxy) is 1. The molecule has 1 saturated heterocycles. The van der Waals surface area contributed by atoms with E-state index in [9.17, 15) is 4.79 Å². The molecule has 30 heavy (non-hydrogen) atoms. The van der Waals surface area contributed by atoms with Crippen LogP contribution in [0.3, 0.4) is 0 Å². The fraction of sp³-hybridized carbons (Fsp3) is 0.667. The molecule has 1 fully saturated rings. The molecule has 0 bridgehead atoms. The number of carbonyl (C=O) groups is 1. The summed E-state index contributed by atoms with van der Waals surface area (Å²) in [7, 11) is 3.99. The fourth-order valence-electron chi connectivity index (χ4n) is 4.07. The molecule has 0 amide bonds. The lowest BCUT2D eigenvalue weighted by Crippen LogP contribution is -2.23. The first-order valence-electron chi connectivity index (χ1n) is 11.2. The van der Waals surface area contributed by atoms with E-state index in [-0.39, 0.29) is 11.4 Å². The Morgan fingerprint density at radius 1 is 1.30 bits per heavy atom. The van der Waals surface area contributed by atoms with Gasteiger partial charge >= 0.3 is 5.97 Å². The van der Waals surface area contributed by atoms with Crippen LogP contribution in [0.25, 0.3) is 0 Å². The third-order valence-electron chi connectivity index (χ3n) is 5.87. The molecule has 6 heteroatoms. The highest BCUT2D eigenvalue weighted by atomic mass is 33.1. The minimum Gasteiger partial charge on any atom is -0.426 e. The van der Waals surface area contributed by atoms with Gasteiger partial charge < -0.3 is 10.1 Å². The average Bonchev–Trinajstić information content (AvgIpc) is 3.37. The van der Waals surface area contributed by atoms with E-state index in [1.807, 2.05) is 21.6 Å². The van der Waals surface area contributed by atoms with Crippen molar-refractivity contribution in [1.82, 2.24) is 5.32 Å². The van der Waals surface area contributed by atoms with Crippen molar-refractivity contribution in [2.75, 3.05) is 18.8 Å². The summed E-state index contributed by atoms with van der Waals surface area (Å²) >= 11 is 0. The van der Waals surface area contributed by atoms with Gasteiger partial charge in [0.15, 0.2) is 0 Å². The smallest absolute Gasteiger partial charge is 0.311 e. The highest BCUT2D eigenvalue weighted by Crippen LogP contribution is 2.40. The minimum absolute atomic E-state index is 0.0931. The molecule has 2 aliphatic rings. The Hall–Kier alpha value is -1.14. The van der Waals surface area contributed by atoms with Gasteiger partial charge in [0.2, 0.25) is 0 Å². The van der Waals surface area contributed by atoms with E-state index in [1.165, 1.54) is 29.7 Å². The Morgan fingerprint density at radius 2 is 2.10 bits per heavy atom. The normalized spacial score (nSPS) is 19.0. The Balaban J connectivity index is 1.71. The first-order valence-corrected chi connectivity index (χ1v) is 13.5. The predicted molar refractivity (Wildman–Crippen MR) is 131 cm³/mol. The lowest BCUT2D eigenvalue weighted by atomic mass is 9.82. The molecule has 166 valence electrons. The van der Waals surface area contributed by atoms with Gasteiger partial charge in [-0.2, -0.15) is 0 Å². The van der Waals surface area contributed by atoms with Gasteiger partial charge in [0.25, 0.3) is 0 Å². The standard InChI is InChI=1S/C24H36N2O2S2/c1-16-14-20(24(3,4)5)23(17(2)19(16)15-21-25-11-12-26-21)28-22(27)9-7-6-8-18-10-13-29-30-18/h14,18H,6-13,15H2,1-5H3,(H,25,26). The number of rotatable bonds is 8. The van der Waals surface area contributed by atoms with Crippen molar-refractivity contribution in [3.05, 3.63) is 28.3 Å². The van der Waals surface area contributed by atoms with E-state index in [4.69, 9.17) is 4.74 Å². The molecule has 4 nitrogen and oxygen atoms in total. The van der Waals surface area contributed by atoms with Crippen LogP contribution in [-0.2, 0) is 16.6 Å². The molecule has 0 saturated carbocycles. The summed E-state index contributed by atoms with van der Waals surface area (Å²) in [6, 6.07) is 2.20. The van der Waals surface area contributed by atoms with Gasteiger partial charge in [-0.25, -0.2) is 0 Å². The number of unbranched alkanes of at least 4 members (excludes halogenated alkanes) is 1. The van der Waals surface area contributed by atoms with E-state index < -0.39 is 0 Å². The second-order valence-electron chi connectivity index (χ2n) is 9.40. The van der Waals surface area contributed by atoms with Crippen molar-refractivity contribution in [3.8, 4) is 5.75 Å². The number of nitrogens with zero attached hydrogens (tertiary/aromatic N) is 1. The highest BCUT2D eigenvalue weighted by molar-refractivity contribution is 8.77. The Kier molecular flexibility index (Phi) is 8.19. The van der Waals surface area contributed by atoms with Crippen molar-refractivity contribution < 1.29 is 9.53 Å². The second kappa shape index (κ2) is 10.4. The Bertz CT molecular complexity index is 793. The fourth-order valence-corrected chi connectivity index (χ4v) is 7.10. The zero-order valence-corrected chi connectivity index (χ0v) is 20.7. The topological polar surface area (TPSA) is 50.7 Å². The van der Waals surface area contributed by atoms with Crippen LogP contribution in [0.4, 0.5) is 0 Å². The molecule has 0 aromatic heterocycles. The van der Waals surface area contributed by atoms with Gasteiger partial charge in [0.05, 0.1) is 6.54 Å². The number of hydrogen-bond donors (Lipinski definition) is 1. The summed E-state index contributed by atoms with van der Waals surface area (Å²) in [5.74, 6) is 2.95. The third-order valence-corrected chi connectivity index (χ3v) is 8.88. The van der Waals surface area contributed by atoms with E-state index >= 15 is 0 Å². The molecule has 2 heterocycles. The van der Waals surface area contributed by atoms with Crippen molar-refractivity contribution >= 4 is 33.4 Å². The van der Waals surface area contributed by atoms with Crippen LogP contribution in [0.1, 0.15) is 75.1 Å². The molecule has 0 radical (unpaired) electrons. The maximum absolute atomic E-state index is 12.7. The molecular formula is C24H36N2O2S2. The number of amidine groups is 1. The molecule has 1 atom stereocenters. The molecule has 1 aromatic rings. The summed E-state index contributed by atoms with van der Waals surface area (Å²) < 4.78 is 6.03. The first-order chi connectivity index (χ1) is 14.3. The minimum atomic E-state index is -0.108. The zero-order chi connectivity index (χ0) is 21.7. The Morgan fingerprint density at radius 3 is 2.73 bits per heavy atom. The van der Waals surface area contributed by atoms with Gasteiger partial charge in [0, 0.05) is 36.0 Å². The molecule has 0 spiro atoms. The van der Waals surface area contributed by atoms with Crippen LogP contribution in [0.15, 0.2) is 11.1 Å². The van der Waals surface area contributed by atoms with Gasteiger partial charge in [-0.3, -0.25) is 9.79 Å². The lowest BCUT2D eigenvalue weighted by molar-refractivity contribution is -0.134. The van der Waals surface area contributed by atoms with Gasteiger partial charge in [0.1, 0.15) is 11.6 Å². The van der Waals surface area contributed by atoms with Crippen LogP contribution < -0.4 is 10.1 Å². The monoisotopic (exact) mass is 448 g/mol. The summed E-state index contributed by atoms with van der Waals surface area (Å²) in [6.07, 6.45) is 5.78. The summed E-state index contributed by atoms with van der Waals surface area (Å²) in [4.78, 5) is 17.3. The van der Waals surface area contributed by atoms with Gasteiger partial charge in [-0.1, -0.05) is 54.8 Å². The number of benzene rings is 1. The van der Waals surface area contributed by atoms with Crippen molar-refractivity contribution in [2.45, 2.75) is 83.8 Å². The summed E-state index contributed by atoms with van der Waals surface area (Å²) in [5, 5.41) is 4.13. The van der Waals surface area contributed by atoms with Gasteiger partial charge in [-0.05, 0) is 55.2 Å². The second-order valence-corrected chi connectivity index (χ2v) is 12.2. The zero-order valence-electron chi connectivity index (χ0n) is 19.1. The maximum Gasteiger partial charge on any atom is 0.311 e. The van der Waals surface area contributed by atoms with Crippen LogP contribution in [0.5, 0.6) is 5.75 Å². The Labute approximate surface area is 189 Å². The predicted octanol–water partition coefficient (Wildman–Crippen LogP) is 5.76. The number of carbonyl (C=O) groups excluding carboxylic acids is 1. The number of esters is 1. The van der Waals surface area contributed by atoms with E-state index in [2.05, 4.69) is 51.0 Å². The lowest BCUT2D eigenvalue weighted by Gasteiger charge is -2.26. The van der Waals surface area contributed by atoms with E-state index in [0.717, 1.165) is 60.3 Å². The molecular weight excluding hydrogens is 412 g/mol. The van der Waals surface area contributed by atoms with Crippen LogP contribution in [0.2, 0.25) is 0 Å². The summed E-state index contributed by atoms with van der Waals surface area (Å²) in [6.45, 7) is 12.5. The SMILES string of the molecule is Cc1cc(C(C)(C)C)c(OC(=O)CCCCC2CCSS2)c(C)c1CC1=NCCN1. The summed E-state index contributed by atoms with van der Waals surface area (Å²) in [5.41, 5.74) is 4.54. The molecule has 0 aliphatic carbocycles. The van der Waals surface area contributed by atoms with Gasteiger partial charge in [-0.15, -0.1) is 0 Å². The largest absolute Gasteiger partial charge is 0.426 e. The molecule has 1 aromatic carbocycles.